The van der Waals surface area contributed by atoms with E-state index in [1.54, 1.807) is 0 Å². The summed E-state index contributed by atoms with van der Waals surface area (Å²) in [5.41, 5.74) is 0. The standard InChI is InChI=1S/C18H34N6.HI/c1-16(2)17(23-11-6-4-5-7-12-23)15-21-18(19-3)20-10-14-24-13-8-9-22-24;/h8-9,13,16-17H,4-7,10-12,14-15H2,1-3H3,(H2,19,20,21);1H. The van der Waals surface area contributed by atoms with E-state index in [2.05, 4.69) is 39.5 Å². The Morgan fingerprint density at radius 2 is 1.88 bits per heavy atom. The van der Waals surface area contributed by atoms with Gasteiger partial charge in [-0.05, 0) is 37.9 Å². The molecule has 0 aromatic carbocycles. The Labute approximate surface area is 169 Å². The van der Waals surface area contributed by atoms with Crippen molar-refractivity contribution in [3.05, 3.63) is 18.5 Å². The summed E-state index contributed by atoms with van der Waals surface area (Å²) < 4.78 is 1.93. The minimum Gasteiger partial charge on any atom is -0.355 e. The molecule has 2 N–H and O–H groups in total. The highest BCUT2D eigenvalue weighted by atomic mass is 127. The van der Waals surface area contributed by atoms with Crippen molar-refractivity contribution in [2.75, 3.05) is 33.2 Å². The van der Waals surface area contributed by atoms with Crippen molar-refractivity contribution in [2.45, 2.75) is 52.1 Å². The van der Waals surface area contributed by atoms with Gasteiger partial charge in [0.05, 0.1) is 6.54 Å². The molecule has 0 aliphatic carbocycles. The summed E-state index contributed by atoms with van der Waals surface area (Å²) in [4.78, 5) is 7.02. The number of hydrogen-bond donors (Lipinski definition) is 2. The van der Waals surface area contributed by atoms with E-state index in [-0.39, 0.29) is 24.0 Å². The van der Waals surface area contributed by atoms with Crippen molar-refractivity contribution in [2.24, 2.45) is 10.9 Å². The minimum atomic E-state index is 0. The average Bonchev–Trinajstić information content (AvgIpc) is 2.94. The predicted octanol–water partition coefficient (Wildman–Crippen LogP) is 2.57. The van der Waals surface area contributed by atoms with Crippen LogP contribution in [0.2, 0.25) is 0 Å². The fraction of sp³-hybridized carbons (Fsp3) is 0.778. The number of aliphatic imine (C=N–C) groups is 1. The summed E-state index contributed by atoms with van der Waals surface area (Å²) in [6.07, 6.45) is 9.21. The molecule has 1 aliphatic rings. The second-order valence-corrected chi connectivity index (χ2v) is 6.91. The Kier molecular flexibility index (Phi) is 11.1. The molecule has 1 atom stereocenters. The number of nitrogens with one attached hydrogen (secondary N) is 2. The topological polar surface area (TPSA) is 57.5 Å². The lowest BCUT2D eigenvalue weighted by atomic mass is 10.0. The summed E-state index contributed by atoms with van der Waals surface area (Å²) in [5, 5.41) is 11.1. The van der Waals surface area contributed by atoms with E-state index in [4.69, 9.17) is 0 Å². The van der Waals surface area contributed by atoms with E-state index in [9.17, 15) is 0 Å². The van der Waals surface area contributed by atoms with Crippen LogP contribution in [-0.4, -0.2) is 59.9 Å². The van der Waals surface area contributed by atoms with Crippen molar-refractivity contribution in [3.8, 4) is 0 Å². The molecular formula is C18H35IN6. The van der Waals surface area contributed by atoms with Crippen LogP contribution in [-0.2, 0) is 6.54 Å². The van der Waals surface area contributed by atoms with Gasteiger partial charge >= 0.3 is 0 Å². The van der Waals surface area contributed by atoms with Crippen LogP contribution in [0.5, 0.6) is 0 Å². The molecule has 1 unspecified atom stereocenters. The van der Waals surface area contributed by atoms with Gasteiger partial charge in [0.25, 0.3) is 0 Å². The molecule has 1 fully saturated rings. The maximum absolute atomic E-state index is 4.35. The van der Waals surface area contributed by atoms with Crippen LogP contribution in [0.15, 0.2) is 23.5 Å². The summed E-state index contributed by atoms with van der Waals surface area (Å²) >= 11 is 0. The maximum atomic E-state index is 4.35. The largest absolute Gasteiger partial charge is 0.355 e. The molecule has 2 heterocycles. The van der Waals surface area contributed by atoms with Crippen LogP contribution >= 0.6 is 24.0 Å². The smallest absolute Gasteiger partial charge is 0.191 e. The van der Waals surface area contributed by atoms with Crippen LogP contribution in [0.25, 0.3) is 0 Å². The third-order valence-corrected chi connectivity index (χ3v) is 4.77. The van der Waals surface area contributed by atoms with E-state index in [1.165, 1.54) is 38.8 Å². The lowest BCUT2D eigenvalue weighted by Crippen LogP contribution is -2.50. The molecule has 0 saturated carbocycles. The highest BCUT2D eigenvalue weighted by Gasteiger charge is 2.22. The Morgan fingerprint density at radius 3 is 2.44 bits per heavy atom. The second-order valence-electron chi connectivity index (χ2n) is 6.91. The molecule has 2 rings (SSSR count). The molecule has 1 aromatic heterocycles. The second kappa shape index (κ2) is 12.5. The summed E-state index contributed by atoms with van der Waals surface area (Å²) in [5.74, 6) is 1.51. The van der Waals surface area contributed by atoms with Gasteiger partial charge < -0.3 is 10.6 Å². The Hall–Kier alpha value is -0.830. The van der Waals surface area contributed by atoms with Crippen LogP contribution in [0.3, 0.4) is 0 Å². The number of rotatable bonds is 7. The van der Waals surface area contributed by atoms with Gasteiger partial charge in [0.15, 0.2) is 5.96 Å². The maximum Gasteiger partial charge on any atom is 0.191 e. The molecule has 6 nitrogen and oxygen atoms in total. The molecule has 1 saturated heterocycles. The van der Waals surface area contributed by atoms with Gasteiger partial charge in [-0.1, -0.05) is 26.7 Å². The molecule has 1 aliphatic heterocycles. The molecular weight excluding hydrogens is 427 g/mol. The van der Waals surface area contributed by atoms with Crippen molar-refractivity contribution < 1.29 is 0 Å². The summed E-state index contributed by atoms with van der Waals surface area (Å²) in [7, 11) is 1.83. The number of likely N-dealkylation sites (tertiary alicyclic amines) is 1. The predicted molar refractivity (Wildman–Crippen MR) is 116 cm³/mol. The SMILES string of the molecule is CN=C(NCCn1cccn1)NCC(C(C)C)N1CCCCCC1.I. The molecule has 144 valence electrons. The van der Waals surface area contributed by atoms with E-state index in [0.29, 0.717) is 12.0 Å². The molecule has 0 bridgehead atoms. The highest BCUT2D eigenvalue weighted by molar-refractivity contribution is 14.0. The first-order valence-electron chi connectivity index (χ1n) is 9.36. The number of hydrogen-bond acceptors (Lipinski definition) is 3. The van der Waals surface area contributed by atoms with Gasteiger partial charge in [0.2, 0.25) is 0 Å². The van der Waals surface area contributed by atoms with Gasteiger partial charge in [0, 0.05) is 38.6 Å². The summed E-state index contributed by atoms with van der Waals surface area (Å²) in [6, 6.07) is 2.51. The number of nitrogens with zero attached hydrogens (tertiary/aromatic N) is 4. The number of halogens is 1. The van der Waals surface area contributed by atoms with Crippen molar-refractivity contribution in [1.29, 1.82) is 0 Å². The molecule has 25 heavy (non-hydrogen) atoms. The normalized spacial score (nSPS) is 17.7. The minimum absolute atomic E-state index is 0. The Bertz CT molecular complexity index is 466. The zero-order chi connectivity index (χ0) is 17.2. The van der Waals surface area contributed by atoms with Gasteiger partial charge in [-0.15, -0.1) is 24.0 Å². The van der Waals surface area contributed by atoms with Crippen LogP contribution in [0.1, 0.15) is 39.5 Å². The van der Waals surface area contributed by atoms with E-state index >= 15 is 0 Å². The van der Waals surface area contributed by atoms with Gasteiger partial charge in [-0.25, -0.2) is 0 Å². The monoisotopic (exact) mass is 462 g/mol. The fourth-order valence-electron chi connectivity index (χ4n) is 3.36. The number of aromatic nitrogens is 2. The average molecular weight is 462 g/mol. The van der Waals surface area contributed by atoms with Crippen molar-refractivity contribution >= 4 is 29.9 Å². The van der Waals surface area contributed by atoms with Gasteiger partial charge in [-0.2, -0.15) is 5.10 Å². The van der Waals surface area contributed by atoms with Crippen molar-refractivity contribution in [3.63, 3.8) is 0 Å². The molecule has 0 spiro atoms. The van der Waals surface area contributed by atoms with Crippen molar-refractivity contribution in [1.82, 2.24) is 25.3 Å². The molecule has 0 amide bonds. The lowest BCUT2D eigenvalue weighted by molar-refractivity contribution is 0.161. The van der Waals surface area contributed by atoms with E-state index < -0.39 is 0 Å². The van der Waals surface area contributed by atoms with Crippen LogP contribution < -0.4 is 10.6 Å². The first-order valence-corrected chi connectivity index (χ1v) is 9.36. The third-order valence-electron chi connectivity index (χ3n) is 4.77. The van der Waals surface area contributed by atoms with Crippen LogP contribution in [0, 0.1) is 5.92 Å². The van der Waals surface area contributed by atoms with E-state index in [1.807, 2.05) is 30.2 Å². The Morgan fingerprint density at radius 1 is 1.16 bits per heavy atom. The molecule has 7 heteroatoms. The zero-order valence-corrected chi connectivity index (χ0v) is 18.3. The van der Waals surface area contributed by atoms with Crippen LogP contribution in [0.4, 0.5) is 0 Å². The first-order chi connectivity index (χ1) is 11.7. The number of guanidine groups is 1. The first kappa shape index (κ1) is 22.2. The highest BCUT2D eigenvalue weighted by Crippen LogP contribution is 2.16. The van der Waals surface area contributed by atoms with Gasteiger partial charge in [-0.3, -0.25) is 14.6 Å². The molecule has 1 aromatic rings. The zero-order valence-electron chi connectivity index (χ0n) is 15.9. The Balaban J connectivity index is 0.00000312. The summed E-state index contributed by atoms with van der Waals surface area (Å²) in [6.45, 7) is 9.71. The van der Waals surface area contributed by atoms with Gasteiger partial charge in [0.1, 0.15) is 0 Å². The third kappa shape index (κ3) is 7.94. The fourth-order valence-corrected chi connectivity index (χ4v) is 3.36. The quantitative estimate of drug-likeness (QED) is 0.372. The van der Waals surface area contributed by atoms with E-state index in [0.717, 1.165) is 25.6 Å². The lowest BCUT2D eigenvalue weighted by Gasteiger charge is -2.34. The molecule has 0 radical (unpaired) electrons.